The van der Waals surface area contributed by atoms with Crippen LogP contribution in [0.4, 0.5) is 4.39 Å². The largest absolute Gasteiger partial charge is 0.497 e. The van der Waals surface area contributed by atoms with E-state index >= 15 is 0 Å². The van der Waals surface area contributed by atoms with Gasteiger partial charge < -0.3 is 9.84 Å². The number of benzene rings is 2. The number of methoxy groups -OCH3 is 1. The molecule has 2 aromatic rings. The summed E-state index contributed by atoms with van der Waals surface area (Å²) in [5.41, 5.74) is 1.51. The van der Waals surface area contributed by atoms with E-state index in [0.717, 1.165) is 11.3 Å². The summed E-state index contributed by atoms with van der Waals surface area (Å²) in [5, 5.41) is 10.5. The fraction of sp³-hybridized carbons (Fsp3) is 0.250. The maximum Gasteiger partial charge on any atom is 0.123 e. The predicted octanol–water partition coefficient (Wildman–Crippen LogP) is 4.15. The van der Waals surface area contributed by atoms with E-state index in [1.807, 2.05) is 24.3 Å². The summed E-state index contributed by atoms with van der Waals surface area (Å²) < 4.78 is 18.3. The second kappa shape index (κ2) is 6.73. The average Bonchev–Trinajstić information content (AvgIpc) is 2.47. The predicted molar refractivity (Wildman–Crippen MR) is 77.7 cm³/mol. The van der Waals surface area contributed by atoms with Crippen LogP contribution in [0, 0.1) is 5.82 Å². The van der Waals surface area contributed by atoms with Crippen LogP contribution in [0.5, 0.6) is 5.75 Å². The summed E-state index contributed by atoms with van der Waals surface area (Å²) in [6.45, 7) is 0. The molecule has 0 aliphatic carbocycles. The van der Waals surface area contributed by atoms with Crippen LogP contribution in [0.2, 0.25) is 5.02 Å². The Morgan fingerprint density at radius 3 is 2.55 bits per heavy atom. The van der Waals surface area contributed by atoms with Crippen LogP contribution in [0.25, 0.3) is 0 Å². The number of aryl methyl sites for hydroxylation is 1. The van der Waals surface area contributed by atoms with Crippen molar-refractivity contribution in [2.45, 2.75) is 18.9 Å². The molecule has 0 aliphatic rings. The van der Waals surface area contributed by atoms with Gasteiger partial charge in [0, 0.05) is 10.6 Å². The lowest BCUT2D eigenvalue weighted by Gasteiger charge is -2.13. The minimum atomic E-state index is -0.777. The van der Waals surface area contributed by atoms with Gasteiger partial charge in [0.05, 0.1) is 13.2 Å². The third kappa shape index (κ3) is 3.71. The van der Waals surface area contributed by atoms with Gasteiger partial charge in [-0.1, -0.05) is 23.7 Å². The van der Waals surface area contributed by atoms with E-state index < -0.39 is 11.9 Å². The van der Waals surface area contributed by atoms with Gasteiger partial charge in [0.2, 0.25) is 0 Å². The Kier molecular flexibility index (Phi) is 4.99. The number of hydrogen-bond acceptors (Lipinski definition) is 2. The normalized spacial score (nSPS) is 12.2. The highest BCUT2D eigenvalue weighted by atomic mass is 35.5. The standard InChI is InChI=1S/C16H16ClFO2/c1-20-13-6-2-11(3-7-13)4-9-16(19)14-10-12(18)5-8-15(14)17/h2-3,5-8,10,16,19H,4,9H2,1H3. The molecule has 0 saturated heterocycles. The van der Waals surface area contributed by atoms with Crippen LogP contribution in [-0.2, 0) is 6.42 Å². The van der Waals surface area contributed by atoms with Crippen LogP contribution >= 0.6 is 11.6 Å². The smallest absolute Gasteiger partial charge is 0.123 e. The van der Waals surface area contributed by atoms with Gasteiger partial charge in [0.25, 0.3) is 0 Å². The number of halogens is 2. The van der Waals surface area contributed by atoms with Crippen LogP contribution in [0.1, 0.15) is 23.7 Å². The second-order valence-electron chi connectivity index (χ2n) is 4.57. The van der Waals surface area contributed by atoms with Gasteiger partial charge in [-0.25, -0.2) is 4.39 Å². The molecule has 0 heterocycles. The monoisotopic (exact) mass is 294 g/mol. The molecule has 1 unspecified atom stereocenters. The maximum atomic E-state index is 13.2. The van der Waals surface area contributed by atoms with E-state index in [4.69, 9.17) is 16.3 Å². The van der Waals surface area contributed by atoms with Crippen molar-refractivity contribution in [1.29, 1.82) is 0 Å². The summed E-state index contributed by atoms with van der Waals surface area (Å²) in [4.78, 5) is 0. The Bertz CT molecular complexity index is 569. The molecule has 0 aliphatic heterocycles. The average molecular weight is 295 g/mol. The summed E-state index contributed by atoms with van der Waals surface area (Å²) in [6, 6.07) is 11.6. The number of aliphatic hydroxyl groups excluding tert-OH is 1. The summed E-state index contributed by atoms with van der Waals surface area (Å²) in [6.07, 6.45) is 0.383. The number of aliphatic hydroxyl groups is 1. The molecular formula is C16H16ClFO2. The minimum absolute atomic E-state index is 0.383. The highest BCUT2D eigenvalue weighted by Gasteiger charge is 2.12. The summed E-state index contributed by atoms with van der Waals surface area (Å²) in [5.74, 6) is 0.398. The molecule has 2 aromatic carbocycles. The molecular weight excluding hydrogens is 279 g/mol. The topological polar surface area (TPSA) is 29.5 Å². The first kappa shape index (κ1) is 14.8. The quantitative estimate of drug-likeness (QED) is 0.897. The van der Waals surface area contributed by atoms with Crippen molar-refractivity contribution in [2.24, 2.45) is 0 Å². The maximum absolute atomic E-state index is 13.2. The molecule has 0 fully saturated rings. The molecule has 0 spiro atoms. The third-order valence-electron chi connectivity index (χ3n) is 3.18. The lowest BCUT2D eigenvalue weighted by atomic mass is 10.0. The highest BCUT2D eigenvalue weighted by molar-refractivity contribution is 6.31. The molecule has 0 radical (unpaired) electrons. The summed E-state index contributed by atoms with van der Waals surface area (Å²) in [7, 11) is 1.62. The Hall–Kier alpha value is -1.58. The van der Waals surface area contributed by atoms with Gasteiger partial charge in [-0.15, -0.1) is 0 Å². The van der Waals surface area contributed by atoms with Gasteiger partial charge in [-0.05, 0) is 48.7 Å². The van der Waals surface area contributed by atoms with Crippen molar-refractivity contribution in [3.8, 4) is 5.75 Å². The van der Waals surface area contributed by atoms with Gasteiger partial charge in [0.15, 0.2) is 0 Å². The van der Waals surface area contributed by atoms with Crippen molar-refractivity contribution in [3.05, 3.63) is 64.4 Å². The molecule has 0 saturated carbocycles. The number of rotatable bonds is 5. The lowest BCUT2D eigenvalue weighted by molar-refractivity contribution is 0.167. The Morgan fingerprint density at radius 1 is 1.20 bits per heavy atom. The minimum Gasteiger partial charge on any atom is -0.497 e. The fourth-order valence-electron chi connectivity index (χ4n) is 2.02. The molecule has 20 heavy (non-hydrogen) atoms. The van der Waals surface area contributed by atoms with Crippen molar-refractivity contribution in [2.75, 3.05) is 7.11 Å². The molecule has 0 bridgehead atoms. The number of ether oxygens (including phenoxy) is 1. The van der Waals surface area contributed by atoms with Gasteiger partial charge in [-0.3, -0.25) is 0 Å². The zero-order chi connectivity index (χ0) is 14.5. The van der Waals surface area contributed by atoms with Crippen LogP contribution < -0.4 is 4.74 Å². The molecule has 1 atom stereocenters. The molecule has 106 valence electrons. The van der Waals surface area contributed by atoms with Gasteiger partial charge in [-0.2, -0.15) is 0 Å². The van der Waals surface area contributed by atoms with Gasteiger partial charge in [0.1, 0.15) is 11.6 Å². The van der Waals surface area contributed by atoms with Crippen LogP contribution in [0.15, 0.2) is 42.5 Å². The van der Waals surface area contributed by atoms with E-state index in [9.17, 15) is 9.50 Å². The van der Waals surface area contributed by atoms with E-state index in [0.29, 0.717) is 23.4 Å². The number of hydrogen-bond donors (Lipinski definition) is 1. The third-order valence-corrected chi connectivity index (χ3v) is 3.53. The molecule has 4 heteroatoms. The highest BCUT2D eigenvalue weighted by Crippen LogP contribution is 2.27. The van der Waals surface area contributed by atoms with Crippen molar-refractivity contribution >= 4 is 11.6 Å². The molecule has 2 rings (SSSR count). The van der Waals surface area contributed by atoms with Crippen molar-refractivity contribution in [3.63, 3.8) is 0 Å². The van der Waals surface area contributed by atoms with Gasteiger partial charge >= 0.3 is 0 Å². The van der Waals surface area contributed by atoms with Crippen molar-refractivity contribution in [1.82, 2.24) is 0 Å². The first-order valence-corrected chi connectivity index (χ1v) is 6.74. The van der Waals surface area contributed by atoms with Crippen LogP contribution in [0.3, 0.4) is 0 Å². The molecule has 0 aromatic heterocycles. The molecule has 2 nitrogen and oxygen atoms in total. The van der Waals surface area contributed by atoms with Crippen LogP contribution in [-0.4, -0.2) is 12.2 Å². The van der Waals surface area contributed by atoms with E-state index in [1.165, 1.54) is 18.2 Å². The Morgan fingerprint density at radius 2 is 1.90 bits per heavy atom. The van der Waals surface area contributed by atoms with E-state index in [2.05, 4.69) is 0 Å². The Labute approximate surface area is 122 Å². The molecule has 1 N–H and O–H groups in total. The first-order valence-electron chi connectivity index (χ1n) is 6.36. The zero-order valence-electron chi connectivity index (χ0n) is 11.1. The second-order valence-corrected chi connectivity index (χ2v) is 4.98. The van der Waals surface area contributed by atoms with Crippen molar-refractivity contribution < 1.29 is 14.2 Å². The first-order chi connectivity index (χ1) is 9.60. The van der Waals surface area contributed by atoms with E-state index in [-0.39, 0.29) is 0 Å². The lowest BCUT2D eigenvalue weighted by Crippen LogP contribution is -2.01. The Balaban J connectivity index is 2.00. The fourth-order valence-corrected chi connectivity index (χ4v) is 2.26. The van der Waals surface area contributed by atoms with E-state index in [1.54, 1.807) is 7.11 Å². The molecule has 0 amide bonds. The summed E-state index contributed by atoms with van der Waals surface area (Å²) >= 11 is 5.97. The zero-order valence-corrected chi connectivity index (χ0v) is 11.9. The SMILES string of the molecule is COc1ccc(CCC(O)c2cc(F)ccc2Cl)cc1.